The zero-order chi connectivity index (χ0) is 24.1. The van der Waals surface area contributed by atoms with Crippen molar-refractivity contribution in [2.24, 2.45) is 0 Å². The molecule has 2 aromatic heterocycles. The lowest BCUT2D eigenvalue weighted by Gasteiger charge is -2.27. The molecule has 34 heavy (non-hydrogen) atoms. The van der Waals surface area contributed by atoms with Crippen molar-refractivity contribution in [1.82, 2.24) is 20.0 Å². The van der Waals surface area contributed by atoms with Crippen LogP contribution < -0.4 is 19.7 Å². The zero-order valence-corrected chi connectivity index (χ0v) is 20.3. The molecule has 1 aliphatic heterocycles. The average molecular weight is 465 g/mol. The van der Waals surface area contributed by atoms with Crippen molar-refractivity contribution in [2.45, 2.75) is 46.0 Å². The number of ether oxygens (including phenoxy) is 2. The van der Waals surface area contributed by atoms with Gasteiger partial charge in [0.2, 0.25) is 5.91 Å². The van der Waals surface area contributed by atoms with E-state index in [1.807, 2.05) is 30.7 Å². The van der Waals surface area contributed by atoms with Crippen LogP contribution in [0.15, 0.2) is 30.3 Å². The minimum absolute atomic E-state index is 0.0902. The molecular weight excluding hydrogens is 432 g/mol. The average Bonchev–Trinajstić information content (AvgIpc) is 3.16. The molecule has 0 unspecified atom stereocenters. The van der Waals surface area contributed by atoms with Crippen molar-refractivity contribution in [3.8, 4) is 17.3 Å². The Morgan fingerprint density at radius 2 is 1.62 bits per heavy atom. The van der Waals surface area contributed by atoms with E-state index in [0.717, 1.165) is 35.9 Å². The van der Waals surface area contributed by atoms with E-state index in [4.69, 9.17) is 9.47 Å². The number of carbonyl (C=O) groups is 1. The van der Waals surface area contributed by atoms with Crippen molar-refractivity contribution in [2.75, 3.05) is 37.5 Å². The molecule has 0 atom stereocenters. The van der Waals surface area contributed by atoms with Gasteiger partial charge in [-0.3, -0.25) is 4.79 Å². The van der Waals surface area contributed by atoms with Crippen molar-refractivity contribution in [1.29, 1.82) is 0 Å². The summed E-state index contributed by atoms with van der Waals surface area (Å²) in [6.45, 7) is 6.02. The van der Waals surface area contributed by atoms with Gasteiger partial charge in [0.1, 0.15) is 11.5 Å². The van der Waals surface area contributed by atoms with Gasteiger partial charge in [-0.25, -0.2) is 4.68 Å². The highest BCUT2D eigenvalue weighted by molar-refractivity contribution is 5.91. The molecule has 1 N–H and O–H groups in total. The fourth-order valence-electron chi connectivity index (χ4n) is 4.32. The molecule has 0 aliphatic carbocycles. The van der Waals surface area contributed by atoms with E-state index in [2.05, 4.69) is 25.5 Å². The third-order valence-corrected chi connectivity index (χ3v) is 6.21. The van der Waals surface area contributed by atoms with Crippen molar-refractivity contribution < 1.29 is 14.3 Å². The summed E-state index contributed by atoms with van der Waals surface area (Å²) in [5.74, 6) is 2.74. The molecule has 0 spiro atoms. The Morgan fingerprint density at radius 3 is 2.24 bits per heavy atom. The van der Waals surface area contributed by atoms with Crippen LogP contribution in [0.25, 0.3) is 5.82 Å². The number of hydrogen-bond acceptors (Lipinski definition) is 7. The highest BCUT2D eigenvalue weighted by Crippen LogP contribution is 2.26. The standard InChI is InChI=1S/C25H32N6O3/c1-17-22(8-11-25(32)26-19-14-20(33-3)16-21(15-19)34-4)18(2)31(29-17)24-10-9-23(27-28-24)30-12-6-5-7-13-30/h9-10,14-16H,5-8,11-13H2,1-4H3,(H,26,32). The number of benzene rings is 1. The number of nitrogens with zero attached hydrogens (tertiary/aromatic N) is 5. The van der Waals surface area contributed by atoms with E-state index >= 15 is 0 Å². The number of carbonyl (C=O) groups excluding carboxylic acids is 1. The molecule has 0 radical (unpaired) electrons. The highest BCUT2D eigenvalue weighted by Gasteiger charge is 2.17. The Balaban J connectivity index is 1.42. The lowest BCUT2D eigenvalue weighted by Crippen LogP contribution is -2.30. The number of hydrogen-bond donors (Lipinski definition) is 1. The molecule has 0 saturated carbocycles. The van der Waals surface area contributed by atoms with Gasteiger partial charge in [-0.2, -0.15) is 5.10 Å². The number of aromatic nitrogens is 4. The second-order valence-electron chi connectivity index (χ2n) is 8.51. The Labute approximate surface area is 200 Å². The normalized spacial score (nSPS) is 13.6. The maximum absolute atomic E-state index is 12.6. The smallest absolute Gasteiger partial charge is 0.224 e. The number of aryl methyl sites for hydroxylation is 1. The van der Waals surface area contributed by atoms with Crippen molar-refractivity contribution in [3.05, 3.63) is 47.3 Å². The number of anilines is 2. The summed E-state index contributed by atoms with van der Waals surface area (Å²) in [5, 5.41) is 16.5. The maximum Gasteiger partial charge on any atom is 0.224 e. The van der Waals surface area contributed by atoms with Gasteiger partial charge in [0.05, 0.1) is 19.9 Å². The SMILES string of the molecule is COc1cc(NC(=O)CCc2c(C)nn(-c3ccc(N4CCCCC4)nn3)c2C)cc(OC)c1. The van der Waals surface area contributed by atoms with Crippen LogP contribution in [-0.4, -0.2) is 53.2 Å². The number of methoxy groups -OCH3 is 2. The molecule has 1 amide bonds. The maximum atomic E-state index is 12.6. The summed E-state index contributed by atoms with van der Waals surface area (Å²) in [5.41, 5.74) is 3.53. The van der Waals surface area contributed by atoms with E-state index < -0.39 is 0 Å². The third-order valence-electron chi connectivity index (χ3n) is 6.21. The van der Waals surface area contributed by atoms with E-state index in [1.54, 1.807) is 32.4 Å². The first-order valence-corrected chi connectivity index (χ1v) is 11.7. The molecule has 9 nitrogen and oxygen atoms in total. The molecule has 4 rings (SSSR count). The molecule has 180 valence electrons. The molecule has 9 heteroatoms. The fourth-order valence-corrected chi connectivity index (χ4v) is 4.32. The van der Waals surface area contributed by atoms with Crippen LogP contribution in [0.1, 0.15) is 42.6 Å². The zero-order valence-electron chi connectivity index (χ0n) is 20.3. The van der Waals surface area contributed by atoms with Crippen LogP contribution in [0, 0.1) is 13.8 Å². The molecule has 1 aromatic carbocycles. The van der Waals surface area contributed by atoms with Crippen LogP contribution in [0.5, 0.6) is 11.5 Å². The predicted octanol–water partition coefficient (Wildman–Crippen LogP) is 3.86. The molecular formula is C25H32N6O3. The van der Waals surface area contributed by atoms with Gasteiger partial charge in [0, 0.05) is 49.1 Å². The van der Waals surface area contributed by atoms with Gasteiger partial charge < -0.3 is 19.7 Å². The van der Waals surface area contributed by atoms with Gasteiger partial charge in [0.25, 0.3) is 0 Å². The minimum Gasteiger partial charge on any atom is -0.497 e. The molecule has 1 fully saturated rings. The van der Waals surface area contributed by atoms with E-state index in [9.17, 15) is 4.79 Å². The largest absolute Gasteiger partial charge is 0.497 e. The van der Waals surface area contributed by atoms with Gasteiger partial charge in [-0.1, -0.05) is 0 Å². The van der Waals surface area contributed by atoms with Gasteiger partial charge in [0.15, 0.2) is 11.6 Å². The van der Waals surface area contributed by atoms with Crippen molar-refractivity contribution >= 4 is 17.4 Å². The first-order valence-electron chi connectivity index (χ1n) is 11.7. The number of rotatable bonds is 8. The molecule has 3 aromatic rings. The van der Waals surface area contributed by atoms with Crippen LogP contribution in [0.2, 0.25) is 0 Å². The summed E-state index contributed by atoms with van der Waals surface area (Å²) in [6, 6.07) is 9.27. The summed E-state index contributed by atoms with van der Waals surface area (Å²) in [6.07, 6.45) is 4.57. The Morgan fingerprint density at radius 1 is 0.971 bits per heavy atom. The van der Waals surface area contributed by atoms with Crippen molar-refractivity contribution in [3.63, 3.8) is 0 Å². The lowest BCUT2D eigenvalue weighted by atomic mass is 10.1. The number of amides is 1. The first-order chi connectivity index (χ1) is 16.5. The summed E-state index contributed by atoms with van der Waals surface area (Å²) in [7, 11) is 3.16. The van der Waals surface area contributed by atoms with Crippen LogP contribution >= 0.6 is 0 Å². The molecule has 0 bridgehead atoms. The number of nitrogens with one attached hydrogen (secondary N) is 1. The highest BCUT2D eigenvalue weighted by atomic mass is 16.5. The Hall–Kier alpha value is -3.62. The number of piperidine rings is 1. The van der Waals surface area contributed by atoms with E-state index in [-0.39, 0.29) is 5.91 Å². The van der Waals surface area contributed by atoms with Gasteiger partial charge in [-0.15, -0.1) is 10.2 Å². The van der Waals surface area contributed by atoms with E-state index in [0.29, 0.717) is 35.8 Å². The topological polar surface area (TPSA) is 94.4 Å². The summed E-state index contributed by atoms with van der Waals surface area (Å²) >= 11 is 0. The first kappa shape index (κ1) is 23.5. The second-order valence-corrected chi connectivity index (χ2v) is 8.51. The third kappa shape index (κ3) is 5.30. The van der Waals surface area contributed by atoms with Crippen LogP contribution in [-0.2, 0) is 11.2 Å². The van der Waals surface area contributed by atoms with Crippen LogP contribution in [0.3, 0.4) is 0 Å². The monoisotopic (exact) mass is 464 g/mol. The summed E-state index contributed by atoms with van der Waals surface area (Å²) < 4.78 is 12.3. The lowest BCUT2D eigenvalue weighted by molar-refractivity contribution is -0.116. The molecule has 3 heterocycles. The van der Waals surface area contributed by atoms with E-state index in [1.165, 1.54) is 19.3 Å². The quantitative estimate of drug-likeness (QED) is 0.541. The van der Waals surface area contributed by atoms with Crippen LogP contribution in [0.4, 0.5) is 11.5 Å². The second kappa shape index (κ2) is 10.5. The molecule has 1 aliphatic rings. The minimum atomic E-state index is -0.0902. The van der Waals surface area contributed by atoms with Gasteiger partial charge >= 0.3 is 0 Å². The Kier molecular flexibility index (Phi) is 7.30. The predicted molar refractivity (Wildman–Crippen MR) is 131 cm³/mol. The molecule has 1 saturated heterocycles. The Bertz CT molecular complexity index is 1110. The summed E-state index contributed by atoms with van der Waals surface area (Å²) in [4.78, 5) is 14.9. The van der Waals surface area contributed by atoms with Gasteiger partial charge in [-0.05, 0) is 57.2 Å². The fraction of sp³-hybridized carbons (Fsp3) is 0.440.